The molecule has 21 heavy (non-hydrogen) atoms. The van der Waals surface area contributed by atoms with Gasteiger partial charge in [-0.2, -0.15) is 0 Å². The number of hydrogen-bond acceptors (Lipinski definition) is 4. The van der Waals surface area contributed by atoms with Gasteiger partial charge in [-0.25, -0.2) is 0 Å². The van der Waals surface area contributed by atoms with Crippen molar-refractivity contribution in [3.05, 3.63) is 34.4 Å². The van der Waals surface area contributed by atoms with E-state index in [0.29, 0.717) is 12.2 Å². The Morgan fingerprint density at radius 1 is 1.38 bits per heavy atom. The van der Waals surface area contributed by atoms with Crippen molar-refractivity contribution in [3.8, 4) is 0 Å². The molecular formula is C14H17N3O4. The van der Waals surface area contributed by atoms with Crippen molar-refractivity contribution >= 4 is 23.2 Å². The zero-order valence-electron chi connectivity index (χ0n) is 11.9. The Hall–Kier alpha value is -2.44. The molecule has 0 aliphatic carbocycles. The third-order valence-electron chi connectivity index (χ3n) is 3.50. The van der Waals surface area contributed by atoms with E-state index in [1.165, 1.54) is 24.3 Å². The molecule has 1 aliphatic rings. The lowest BCUT2D eigenvalue weighted by molar-refractivity contribution is -0.384. The fourth-order valence-corrected chi connectivity index (χ4v) is 2.32. The first kappa shape index (κ1) is 15.0. The van der Waals surface area contributed by atoms with Crippen molar-refractivity contribution in [3.63, 3.8) is 0 Å². The Kier molecular flexibility index (Phi) is 4.21. The minimum absolute atomic E-state index is 0.0196. The summed E-state index contributed by atoms with van der Waals surface area (Å²) in [6.07, 6.45) is 0.205. The van der Waals surface area contributed by atoms with Crippen LogP contribution in [0.15, 0.2) is 24.3 Å². The summed E-state index contributed by atoms with van der Waals surface area (Å²) >= 11 is 0. The molecule has 1 aromatic carbocycles. The molecule has 1 N–H and O–H groups in total. The second-order valence-electron chi connectivity index (χ2n) is 5.33. The number of nitrogens with one attached hydrogen (secondary N) is 1. The normalized spacial score (nSPS) is 18.1. The number of nitrogens with zero attached hydrogens (tertiary/aromatic N) is 2. The molecule has 0 saturated carbocycles. The van der Waals surface area contributed by atoms with E-state index in [-0.39, 0.29) is 35.9 Å². The summed E-state index contributed by atoms with van der Waals surface area (Å²) in [5.41, 5.74) is 0.455. The van der Waals surface area contributed by atoms with Gasteiger partial charge in [0, 0.05) is 36.8 Å². The summed E-state index contributed by atoms with van der Waals surface area (Å²) in [5.74, 6) is -0.635. The van der Waals surface area contributed by atoms with Crippen LogP contribution in [0.5, 0.6) is 0 Å². The predicted octanol–water partition coefficient (Wildman–Crippen LogP) is 1.79. The molecule has 1 aliphatic heterocycles. The molecule has 7 nitrogen and oxygen atoms in total. The average molecular weight is 291 g/mol. The molecule has 1 aromatic rings. The molecule has 0 aromatic heterocycles. The summed E-state index contributed by atoms with van der Waals surface area (Å²) < 4.78 is 0. The summed E-state index contributed by atoms with van der Waals surface area (Å²) in [5, 5.41) is 13.2. The lowest BCUT2D eigenvalue weighted by atomic mass is 10.1. The van der Waals surface area contributed by atoms with Gasteiger partial charge in [-0.15, -0.1) is 0 Å². The number of non-ortho nitro benzene ring substituents is 1. The molecule has 1 heterocycles. The van der Waals surface area contributed by atoms with Crippen molar-refractivity contribution < 1.29 is 14.5 Å². The number of carbonyl (C=O) groups is 2. The molecular weight excluding hydrogens is 274 g/mol. The van der Waals surface area contributed by atoms with Crippen LogP contribution in [-0.2, 0) is 9.59 Å². The van der Waals surface area contributed by atoms with Crippen LogP contribution in [0.25, 0.3) is 0 Å². The first-order valence-electron chi connectivity index (χ1n) is 6.73. The van der Waals surface area contributed by atoms with E-state index in [0.717, 1.165) is 0 Å². The van der Waals surface area contributed by atoms with Crippen LogP contribution in [0.4, 0.5) is 11.4 Å². The number of carbonyl (C=O) groups excluding carboxylic acids is 2. The van der Waals surface area contributed by atoms with Gasteiger partial charge in [-0.3, -0.25) is 19.7 Å². The summed E-state index contributed by atoms with van der Waals surface area (Å²) in [6, 6.07) is 5.70. The van der Waals surface area contributed by atoms with Crippen LogP contribution >= 0.6 is 0 Å². The molecule has 2 rings (SSSR count). The zero-order valence-corrected chi connectivity index (χ0v) is 11.9. The van der Waals surface area contributed by atoms with Gasteiger partial charge in [0.25, 0.3) is 5.69 Å². The molecule has 0 unspecified atom stereocenters. The molecule has 1 fully saturated rings. The van der Waals surface area contributed by atoms with Crippen LogP contribution in [0.1, 0.15) is 20.3 Å². The van der Waals surface area contributed by atoms with Gasteiger partial charge in [0.2, 0.25) is 11.8 Å². The van der Waals surface area contributed by atoms with Gasteiger partial charge in [0.05, 0.1) is 10.8 Å². The highest BCUT2D eigenvalue weighted by Crippen LogP contribution is 2.22. The molecule has 0 bridgehead atoms. The van der Waals surface area contributed by atoms with E-state index in [4.69, 9.17) is 0 Å². The molecule has 7 heteroatoms. The number of benzene rings is 1. The summed E-state index contributed by atoms with van der Waals surface area (Å²) in [7, 11) is 0. The third kappa shape index (κ3) is 3.36. The SMILES string of the molecule is CC(C)N1C[C@@H](C(=O)Nc2ccc([N+](=O)[O-])cc2)CC1=O. The van der Waals surface area contributed by atoms with Gasteiger partial charge < -0.3 is 10.2 Å². The number of nitro groups is 1. The summed E-state index contributed by atoms with van der Waals surface area (Å²) in [4.78, 5) is 35.6. The lowest BCUT2D eigenvalue weighted by Crippen LogP contribution is -2.33. The van der Waals surface area contributed by atoms with Gasteiger partial charge >= 0.3 is 0 Å². The van der Waals surface area contributed by atoms with Gasteiger partial charge in [-0.05, 0) is 26.0 Å². The number of amides is 2. The quantitative estimate of drug-likeness (QED) is 0.676. The Morgan fingerprint density at radius 3 is 2.48 bits per heavy atom. The van der Waals surface area contributed by atoms with Crippen molar-refractivity contribution in [1.82, 2.24) is 4.90 Å². The lowest BCUT2D eigenvalue weighted by Gasteiger charge is -2.20. The molecule has 2 amide bonds. The largest absolute Gasteiger partial charge is 0.339 e. The topological polar surface area (TPSA) is 92.6 Å². The number of anilines is 1. The maximum Gasteiger partial charge on any atom is 0.269 e. The van der Waals surface area contributed by atoms with E-state index in [2.05, 4.69) is 5.32 Å². The standard InChI is InChI=1S/C14H17N3O4/c1-9(2)16-8-10(7-13(16)18)14(19)15-11-3-5-12(6-4-11)17(20)21/h3-6,9-10H,7-8H2,1-2H3,(H,15,19)/t10-/m0/s1. The first-order chi connectivity index (χ1) is 9.88. The van der Waals surface area contributed by atoms with Crippen LogP contribution in [-0.4, -0.2) is 34.2 Å². The number of nitro benzene ring substituents is 1. The Balaban J connectivity index is 1.99. The average Bonchev–Trinajstić information content (AvgIpc) is 2.81. The first-order valence-corrected chi connectivity index (χ1v) is 6.73. The fraction of sp³-hybridized carbons (Fsp3) is 0.429. The Labute approximate surface area is 122 Å². The number of rotatable bonds is 4. The minimum Gasteiger partial charge on any atom is -0.339 e. The highest BCUT2D eigenvalue weighted by molar-refractivity contribution is 5.97. The van der Waals surface area contributed by atoms with E-state index >= 15 is 0 Å². The summed E-state index contributed by atoms with van der Waals surface area (Å²) in [6.45, 7) is 4.23. The van der Waals surface area contributed by atoms with E-state index < -0.39 is 4.92 Å². The second-order valence-corrected chi connectivity index (χ2v) is 5.33. The van der Waals surface area contributed by atoms with Crippen LogP contribution < -0.4 is 5.32 Å². The Morgan fingerprint density at radius 2 is 2.00 bits per heavy atom. The number of hydrogen-bond donors (Lipinski definition) is 1. The highest BCUT2D eigenvalue weighted by atomic mass is 16.6. The molecule has 1 saturated heterocycles. The second kappa shape index (κ2) is 5.90. The maximum atomic E-state index is 12.1. The van der Waals surface area contributed by atoms with Gasteiger partial charge in [-0.1, -0.05) is 0 Å². The fourth-order valence-electron chi connectivity index (χ4n) is 2.32. The zero-order chi connectivity index (χ0) is 15.6. The molecule has 0 spiro atoms. The van der Waals surface area contributed by atoms with Crippen LogP contribution in [0, 0.1) is 16.0 Å². The monoisotopic (exact) mass is 291 g/mol. The minimum atomic E-state index is -0.498. The van der Waals surface area contributed by atoms with Gasteiger partial charge in [0.15, 0.2) is 0 Å². The van der Waals surface area contributed by atoms with Gasteiger partial charge in [0.1, 0.15) is 0 Å². The van der Waals surface area contributed by atoms with Crippen LogP contribution in [0.3, 0.4) is 0 Å². The van der Waals surface area contributed by atoms with Crippen molar-refractivity contribution in [2.24, 2.45) is 5.92 Å². The maximum absolute atomic E-state index is 12.1. The number of likely N-dealkylation sites (tertiary alicyclic amines) is 1. The van der Waals surface area contributed by atoms with Crippen molar-refractivity contribution in [2.45, 2.75) is 26.3 Å². The Bertz CT molecular complexity index is 568. The van der Waals surface area contributed by atoms with E-state index in [1.807, 2.05) is 13.8 Å². The van der Waals surface area contributed by atoms with Crippen LogP contribution in [0.2, 0.25) is 0 Å². The smallest absolute Gasteiger partial charge is 0.269 e. The van der Waals surface area contributed by atoms with Crippen molar-refractivity contribution in [2.75, 3.05) is 11.9 Å². The molecule has 112 valence electrons. The predicted molar refractivity (Wildman–Crippen MR) is 76.7 cm³/mol. The third-order valence-corrected chi connectivity index (χ3v) is 3.50. The molecule has 1 atom stereocenters. The molecule has 0 radical (unpaired) electrons. The van der Waals surface area contributed by atoms with E-state index in [9.17, 15) is 19.7 Å². The van der Waals surface area contributed by atoms with E-state index in [1.54, 1.807) is 4.90 Å². The van der Waals surface area contributed by atoms with Crippen molar-refractivity contribution in [1.29, 1.82) is 0 Å². The highest BCUT2D eigenvalue weighted by Gasteiger charge is 2.35.